The first kappa shape index (κ1) is 29.0. The zero-order valence-electron chi connectivity index (χ0n) is 20.1. The first-order chi connectivity index (χ1) is 17.6. The van der Waals surface area contributed by atoms with Crippen molar-refractivity contribution in [3.8, 4) is 5.75 Å². The normalized spacial score (nSPS) is 12.0. The molecule has 0 spiro atoms. The Morgan fingerprint density at radius 2 is 1.73 bits per heavy atom. The molecule has 194 valence electrons. The zero-order chi connectivity index (χ0) is 26.9. The lowest BCUT2D eigenvalue weighted by atomic mass is 10.0. The quantitative estimate of drug-likeness (QED) is 0.184. The van der Waals surface area contributed by atoms with E-state index in [1.807, 2.05) is 26.0 Å². The molecule has 0 heterocycles. The SMILES string of the molecule is CC(C)CC(NC(=O)c1ccc(Cl)cc1)C(=O)N/N=C/c1ccc(OCc2ccc(Cl)c(Cl)c2)c(Br)c1. The molecule has 0 radical (unpaired) electrons. The van der Waals surface area contributed by atoms with Crippen LogP contribution in [-0.2, 0) is 11.4 Å². The Hall–Kier alpha value is -2.58. The van der Waals surface area contributed by atoms with Gasteiger partial charge in [-0.15, -0.1) is 0 Å². The summed E-state index contributed by atoms with van der Waals surface area (Å²) in [5.74, 6) is 0.0431. The molecule has 1 unspecified atom stereocenters. The lowest BCUT2D eigenvalue weighted by Crippen LogP contribution is -2.46. The average Bonchev–Trinajstić information content (AvgIpc) is 2.85. The van der Waals surface area contributed by atoms with Gasteiger partial charge in [0.25, 0.3) is 11.8 Å². The molecule has 0 aliphatic heterocycles. The van der Waals surface area contributed by atoms with Gasteiger partial charge in [-0.2, -0.15) is 5.10 Å². The van der Waals surface area contributed by atoms with Gasteiger partial charge in [0.1, 0.15) is 18.4 Å². The molecule has 0 aliphatic carbocycles. The van der Waals surface area contributed by atoms with Crippen LogP contribution in [0.25, 0.3) is 0 Å². The van der Waals surface area contributed by atoms with E-state index in [1.165, 1.54) is 6.21 Å². The van der Waals surface area contributed by atoms with E-state index in [-0.39, 0.29) is 11.8 Å². The molecule has 6 nitrogen and oxygen atoms in total. The summed E-state index contributed by atoms with van der Waals surface area (Å²) in [5.41, 5.74) is 4.55. The minimum atomic E-state index is -0.746. The molecule has 2 N–H and O–H groups in total. The fraction of sp³-hybridized carbons (Fsp3) is 0.222. The number of hydrogen-bond donors (Lipinski definition) is 2. The van der Waals surface area contributed by atoms with Crippen molar-refractivity contribution in [1.29, 1.82) is 0 Å². The van der Waals surface area contributed by atoms with Crippen LogP contribution in [0.3, 0.4) is 0 Å². The summed E-state index contributed by atoms with van der Waals surface area (Å²) in [6.45, 7) is 4.26. The van der Waals surface area contributed by atoms with Crippen molar-refractivity contribution in [2.24, 2.45) is 11.0 Å². The maximum Gasteiger partial charge on any atom is 0.262 e. The Balaban J connectivity index is 1.58. The maximum atomic E-state index is 12.8. The third-order valence-corrected chi connectivity index (χ3v) is 6.77. The van der Waals surface area contributed by atoms with Gasteiger partial charge in [-0.05, 0) is 94.0 Å². The molecular weight excluding hydrogens is 601 g/mol. The van der Waals surface area contributed by atoms with Crippen molar-refractivity contribution in [3.63, 3.8) is 0 Å². The highest BCUT2D eigenvalue weighted by Crippen LogP contribution is 2.28. The van der Waals surface area contributed by atoms with Crippen molar-refractivity contribution in [3.05, 3.63) is 96.9 Å². The van der Waals surface area contributed by atoms with Crippen molar-refractivity contribution in [2.75, 3.05) is 0 Å². The molecule has 37 heavy (non-hydrogen) atoms. The van der Waals surface area contributed by atoms with Crippen LogP contribution in [0.4, 0.5) is 0 Å². The second-order valence-electron chi connectivity index (χ2n) is 8.62. The molecular formula is C27H25BrCl3N3O3. The predicted octanol–water partition coefficient (Wildman–Crippen LogP) is 7.28. The molecule has 0 aromatic heterocycles. The van der Waals surface area contributed by atoms with E-state index in [0.29, 0.717) is 39.4 Å². The molecule has 0 saturated heterocycles. The van der Waals surface area contributed by atoms with E-state index in [1.54, 1.807) is 48.5 Å². The third kappa shape index (κ3) is 9.04. The lowest BCUT2D eigenvalue weighted by molar-refractivity contribution is -0.123. The van der Waals surface area contributed by atoms with Gasteiger partial charge in [0.2, 0.25) is 0 Å². The summed E-state index contributed by atoms with van der Waals surface area (Å²) in [4.78, 5) is 25.4. The van der Waals surface area contributed by atoms with Gasteiger partial charge in [0.05, 0.1) is 20.7 Å². The van der Waals surface area contributed by atoms with Crippen LogP contribution in [0.1, 0.15) is 41.8 Å². The Bertz CT molecular complexity index is 1280. The summed E-state index contributed by atoms with van der Waals surface area (Å²) in [6, 6.07) is 16.4. The summed E-state index contributed by atoms with van der Waals surface area (Å²) >= 11 is 21.4. The van der Waals surface area contributed by atoms with Crippen LogP contribution in [0, 0.1) is 5.92 Å². The number of nitrogens with zero attached hydrogens (tertiary/aromatic N) is 1. The van der Waals surface area contributed by atoms with E-state index in [9.17, 15) is 9.59 Å². The number of rotatable bonds is 10. The smallest absolute Gasteiger partial charge is 0.262 e. The molecule has 3 aromatic rings. The molecule has 0 fully saturated rings. The van der Waals surface area contributed by atoms with Gasteiger partial charge < -0.3 is 10.1 Å². The Kier molecular flexibility index (Phi) is 10.8. The number of nitrogens with one attached hydrogen (secondary N) is 2. The van der Waals surface area contributed by atoms with Crippen molar-refractivity contribution in [1.82, 2.24) is 10.7 Å². The van der Waals surface area contributed by atoms with Gasteiger partial charge >= 0.3 is 0 Å². The van der Waals surface area contributed by atoms with E-state index in [2.05, 4.69) is 31.8 Å². The van der Waals surface area contributed by atoms with Crippen LogP contribution in [0.5, 0.6) is 5.75 Å². The summed E-state index contributed by atoms with van der Waals surface area (Å²) in [6.07, 6.45) is 1.97. The Morgan fingerprint density at radius 1 is 1.00 bits per heavy atom. The largest absolute Gasteiger partial charge is 0.488 e. The maximum absolute atomic E-state index is 12.8. The minimum absolute atomic E-state index is 0.178. The molecule has 10 heteroatoms. The fourth-order valence-electron chi connectivity index (χ4n) is 3.30. The highest BCUT2D eigenvalue weighted by Gasteiger charge is 2.22. The van der Waals surface area contributed by atoms with E-state index in [0.717, 1.165) is 15.6 Å². The average molecular weight is 626 g/mol. The number of carbonyl (C=O) groups is 2. The van der Waals surface area contributed by atoms with Crippen LogP contribution >= 0.6 is 50.7 Å². The number of hydrazone groups is 1. The van der Waals surface area contributed by atoms with E-state index < -0.39 is 11.9 Å². The van der Waals surface area contributed by atoms with Crippen molar-refractivity contribution < 1.29 is 14.3 Å². The zero-order valence-corrected chi connectivity index (χ0v) is 24.0. The standard InChI is InChI=1S/C27H25BrCl3N3O3/c1-16(2)11-24(33-26(35)19-5-7-20(29)8-6-19)27(36)34-32-14-17-4-10-25(21(28)12-17)37-15-18-3-9-22(30)23(31)13-18/h3-10,12-14,16,24H,11,15H2,1-2H3,(H,33,35)(H,34,36)/b32-14+. The predicted molar refractivity (Wildman–Crippen MR) is 153 cm³/mol. The molecule has 3 aromatic carbocycles. The lowest BCUT2D eigenvalue weighted by Gasteiger charge is -2.19. The first-order valence-corrected chi connectivity index (χ1v) is 13.3. The fourth-order valence-corrected chi connectivity index (χ4v) is 4.26. The van der Waals surface area contributed by atoms with Gasteiger partial charge in [-0.25, -0.2) is 5.43 Å². The first-order valence-electron chi connectivity index (χ1n) is 11.4. The molecule has 1 atom stereocenters. The number of hydrogen-bond acceptors (Lipinski definition) is 4. The second-order valence-corrected chi connectivity index (χ2v) is 10.7. The van der Waals surface area contributed by atoms with E-state index in [4.69, 9.17) is 39.5 Å². The van der Waals surface area contributed by atoms with E-state index >= 15 is 0 Å². The Labute approximate surface area is 239 Å². The molecule has 0 bridgehead atoms. The summed E-state index contributed by atoms with van der Waals surface area (Å²) in [7, 11) is 0. The van der Waals surface area contributed by atoms with Crippen molar-refractivity contribution >= 4 is 68.8 Å². The highest BCUT2D eigenvalue weighted by molar-refractivity contribution is 9.10. The number of ether oxygens (including phenoxy) is 1. The van der Waals surface area contributed by atoms with Crippen LogP contribution in [0.15, 0.2) is 70.2 Å². The summed E-state index contributed by atoms with van der Waals surface area (Å²) < 4.78 is 6.57. The Morgan fingerprint density at radius 3 is 2.38 bits per heavy atom. The summed E-state index contributed by atoms with van der Waals surface area (Å²) in [5, 5.41) is 8.32. The molecule has 3 rings (SSSR count). The number of carbonyl (C=O) groups excluding carboxylic acids is 2. The highest BCUT2D eigenvalue weighted by atomic mass is 79.9. The number of benzene rings is 3. The van der Waals surface area contributed by atoms with Gasteiger partial charge in [0, 0.05) is 10.6 Å². The van der Waals surface area contributed by atoms with Crippen LogP contribution < -0.4 is 15.5 Å². The topological polar surface area (TPSA) is 79.8 Å². The second kappa shape index (κ2) is 13.8. The van der Waals surface area contributed by atoms with Crippen molar-refractivity contribution in [2.45, 2.75) is 32.9 Å². The number of amides is 2. The van der Waals surface area contributed by atoms with Gasteiger partial charge in [-0.1, -0.05) is 54.7 Å². The molecule has 2 amide bonds. The monoisotopic (exact) mass is 623 g/mol. The number of halogens is 4. The van der Waals surface area contributed by atoms with Crippen LogP contribution in [0.2, 0.25) is 15.1 Å². The van der Waals surface area contributed by atoms with Gasteiger partial charge in [-0.3, -0.25) is 9.59 Å². The third-order valence-electron chi connectivity index (χ3n) is 5.16. The molecule has 0 saturated carbocycles. The minimum Gasteiger partial charge on any atom is -0.488 e. The van der Waals surface area contributed by atoms with Gasteiger partial charge in [0.15, 0.2) is 0 Å². The molecule has 0 aliphatic rings. The van der Waals surface area contributed by atoms with Crippen LogP contribution in [-0.4, -0.2) is 24.1 Å².